The van der Waals surface area contributed by atoms with Crippen LogP contribution in [0.25, 0.3) is 0 Å². The molecule has 0 bridgehead atoms. The van der Waals surface area contributed by atoms with E-state index < -0.39 is 0 Å². The van der Waals surface area contributed by atoms with E-state index in [4.69, 9.17) is 4.74 Å². The van der Waals surface area contributed by atoms with E-state index in [0.717, 1.165) is 25.4 Å². The Labute approximate surface area is 84.5 Å². The van der Waals surface area contributed by atoms with Crippen molar-refractivity contribution in [2.24, 2.45) is 0 Å². The second kappa shape index (κ2) is 4.42. The predicted molar refractivity (Wildman–Crippen MR) is 55.5 cm³/mol. The van der Waals surface area contributed by atoms with Crippen LogP contribution in [0.4, 0.5) is 0 Å². The Bertz CT molecular complexity index is 295. The number of hydrogen-bond acceptors (Lipinski definition) is 3. The van der Waals surface area contributed by atoms with Gasteiger partial charge in [0.25, 0.3) is 0 Å². The first-order chi connectivity index (χ1) is 6.84. The molecule has 1 aliphatic heterocycles. The molecule has 14 heavy (non-hydrogen) atoms. The van der Waals surface area contributed by atoms with Crippen molar-refractivity contribution in [2.75, 3.05) is 13.1 Å². The quantitative estimate of drug-likeness (QED) is 0.771. The molecule has 3 heteroatoms. The average molecular weight is 192 g/mol. The lowest BCUT2D eigenvalue weighted by molar-refractivity contribution is 0.160. The first-order valence-electron chi connectivity index (χ1n) is 5.14. The molecule has 0 amide bonds. The predicted octanol–water partition coefficient (Wildman–Crippen LogP) is 1.52. The van der Waals surface area contributed by atoms with Crippen molar-refractivity contribution in [1.82, 2.24) is 10.3 Å². The van der Waals surface area contributed by atoms with Gasteiger partial charge in [-0.25, -0.2) is 4.98 Å². The van der Waals surface area contributed by atoms with Crippen molar-refractivity contribution in [2.45, 2.75) is 25.9 Å². The highest BCUT2D eigenvalue weighted by Crippen LogP contribution is 2.13. The van der Waals surface area contributed by atoms with E-state index in [0.29, 0.717) is 0 Å². The largest absolute Gasteiger partial charge is 0.473 e. The summed E-state index contributed by atoms with van der Waals surface area (Å²) in [6.45, 7) is 4.10. The van der Waals surface area contributed by atoms with Gasteiger partial charge in [0.2, 0.25) is 5.88 Å². The van der Waals surface area contributed by atoms with Crippen molar-refractivity contribution in [3.63, 3.8) is 0 Å². The number of nitrogens with zero attached hydrogens (tertiary/aromatic N) is 1. The summed E-state index contributed by atoms with van der Waals surface area (Å²) in [5, 5.41) is 3.32. The summed E-state index contributed by atoms with van der Waals surface area (Å²) < 4.78 is 5.76. The number of hydrogen-bond donors (Lipinski definition) is 1. The molecule has 0 spiro atoms. The number of aryl methyl sites for hydroxylation is 1. The van der Waals surface area contributed by atoms with Crippen LogP contribution >= 0.6 is 0 Å². The highest BCUT2D eigenvalue weighted by Gasteiger charge is 2.14. The molecule has 1 fully saturated rings. The fraction of sp³-hybridized carbons (Fsp3) is 0.545. The molecule has 1 aromatic heterocycles. The van der Waals surface area contributed by atoms with E-state index >= 15 is 0 Å². The van der Waals surface area contributed by atoms with Crippen molar-refractivity contribution >= 4 is 0 Å². The molecule has 1 atom stereocenters. The van der Waals surface area contributed by atoms with Gasteiger partial charge in [-0.1, -0.05) is 0 Å². The molecule has 0 radical (unpaired) electrons. The smallest absolute Gasteiger partial charge is 0.213 e. The minimum absolute atomic E-state index is 0.290. The molecule has 1 aliphatic rings. The number of aromatic nitrogens is 1. The lowest BCUT2D eigenvalue weighted by atomic mass is 10.1. The zero-order chi connectivity index (χ0) is 9.80. The second-order valence-electron chi connectivity index (χ2n) is 3.76. The highest BCUT2D eigenvalue weighted by molar-refractivity contribution is 5.18. The van der Waals surface area contributed by atoms with Crippen molar-refractivity contribution in [1.29, 1.82) is 0 Å². The van der Waals surface area contributed by atoms with Crippen molar-refractivity contribution < 1.29 is 4.74 Å². The van der Waals surface area contributed by atoms with Gasteiger partial charge in [0.15, 0.2) is 0 Å². The first kappa shape index (κ1) is 9.46. The molecule has 0 aromatic carbocycles. The molecule has 1 N–H and O–H groups in total. The van der Waals surface area contributed by atoms with E-state index in [1.807, 2.05) is 19.1 Å². The number of ether oxygens (including phenoxy) is 1. The number of pyridine rings is 1. The number of nitrogens with one attached hydrogen (secondary N) is 1. The Balaban J connectivity index is 1.95. The first-order valence-corrected chi connectivity index (χ1v) is 5.14. The topological polar surface area (TPSA) is 34.1 Å². The van der Waals surface area contributed by atoms with Gasteiger partial charge in [-0.05, 0) is 37.9 Å². The van der Waals surface area contributed by atoms with Crippen LogP contribution in [0.5, 0.6) is 5.88 Å². The van der Waals surface area contributed by atoms with E-state index in [9.17, 15) is 0 Å². The molecule has 3 nitrogen and oxygen atoms in total. The Hall–Kier alpha value is -1.09. The van der Waals surface area contributed by atoms with Gasteiger partial charge in [-0.2, -0.15) is 0 Å². The molecule has 1 aromatic rings. The van der Waals surface area contributed by atoms with Crippen LogP contribution in [-0.4, -0.2) is 24.2 Å². The summed E-state index contributed by atoms with van der Waals surface area (Å²) >= 11 is 0. The molecule has 2 heterocycles. The molecule has 1 saturated heterocycles. The third-order valence-corrected chi connectivity index (χ3v) is 2.43. The summed E-state index contributed by atoms with van der Waals surface area (Å²) in [5.41, 5.74) is 1.19. The summed E-state index contributed by atoms with van der Waals surface area (Å²) in [4.78, 5) is 4.18. The van der Waals surface area contributed by atoms with Gasteiger partial charge in [-0.3, -0.25) is 0 Å². The minimum Gasteiger partial charge on any atom is -0.473 e. The van der Waals surface area contributed by atoms with Crippen LogP contribution in [0.15, 0.2) is 18.3 Å². The summed E-state index contributed by atoms with van der Waals surface area (Å²) in [6.07, 6.45) is 4.40. The molecule has 0 aliphatic carbocycles. The van der Waals surface area contributed by atoms with Crippen LogP contribution in [0.2, 0.25) is 0 Å². The summed E-state index contributed by atoms with van der Waals surface area (Å²) in [6, 6.07) is 3.96. The number of rotatable bonds is 2. The molecular weight excluding hydrogens is 176 g/mol. The third-order valence-electron chi connectivity index (χ3n) is 2.43. The summed E-state index contributed by atoms with van der Waals surface area (Å²) in [5.74, 6) is 0.749. The number of piperidine rings is 1. The fourth-order valence-electron chi connectivity index (χ4n) is 1.66. The van der Waals surface area contributed by atoms with Crippen molar-refractivity contribution in [3.05, 3.63) is 23.9 Å². The van der Waals surface area contributed by atoms with E-state index in [1.54, 1.807) is 6.20 Å². The van der Waals surface area contributed by atoms with Gasteiger partial charge < -0.3 is 10.1 Å². The standard InChI is InChI=1S/C11H16N2O/c1-9-4-6-13-11(7-9)14-10-3-2-5-12-8-10/h4,6-7,10,12H,2-3,5,8H2,1H3/t10-/m1/s1. The Morgan fingerprint density at radius 2 is 2.50 bits per heavy atom. The third kappa shape index (κ3) is 2.45. The summed E-state index contributed by atoms with van der Waals surface area (Å²) in [7, 11) is 0. The minimum atomic E-state index is 0.290. The maximum Gasteiger partial charge on any atom is 0.213 e. The van der Waals surface area contributed by atoms with Gasteiger partial charge in [0.1, 0.15) is 6.10 Å². The zero-order valence-electron chi connectivity index (χ0n) is 8.49. The lowest BCUT2D eigenvalue weighted by Crippen LogP contribution is -2.37. The van der Waals surface area contributed by atoms with Crippen LogP contribution in [-0.2, 0) is 0 Å². The molecular formula is C11H16N2O. The fourth-order valence-corrected chi connectivity index (χ4v) is 1.66. The molecule has 0 unspecified atom stereocenters. The Morgan fingerprint density at radius 1 is 1.57 bits per heavy atom. The lowest BCUT2D eigenvalue weighted by Gasteiger charge is -2.23. The van der Waals surface area contributed by atoms with Gasteiger partial charge in [0, 0.05) is 18.8 Å². The molecule has 76 valence electrons. The molecule has 2 rings (SSSR count). The van der Waals surface area contributed by atoms with E-state index in [-0.39, 0.29) is 6.10 Å². The van der Waals surface area contributed by atoms with E-state index in [2.05, 4.69) is 10.3 Å². The normalized spacial score (nSPS) is 21.9. The maximum atomic E-state index is 5.76. The van der Waals surface area contributed by atoms with E-state index in [1.165, 1.54) is 12.0 Å². The molecule has 0 saturated carbocycles. The van der Waals surface area contributed by atoms with Crippen LogP contribution < -0.4 is 10.1 Å². The van der Waals surface area contributed by atoms with Crippen LogP contribution in [0.3, 0.4) is 0 Å². The zero-order valence-corrected chi connectivity index (χ0v) is 8.49. The SMILES string of the molecule is Cc1ccnc(O[C@@H]2CCCNC2)c1. The van der Waals surface area contributed by atoms with Gasteiger partial charge in [-0.15, -0.1) is 0 Å². The highest BCUT2D eigenvalue weighted by atomic mass is 16.5. The Morgan fingerprint density at radius 3 is 3.21 bits per heavy atom. The van der Waals surface area contributed by atoms with Gasteiger partial charge in [0.05, 0.1) is 0 Å². The van der Waals surface area contributed by atoms with Gasteiger partial charge >= 0.3 is 0 Å². The Kier molecular flexibility index (Phi) is 2.99. The monoisotopic (exact) mass is 192 g/mol. The second-order valence-corrected chi connectivity index (χ2v) is 3.76. The average Bonchev–Trinajstić information content (AvgIpc) is 2.19. The van der Waals surface area contributed by atoms with Crippen molar-refractivity contribution in [3.8, 4) is 5.88 Å². The van der Waals surface area contributed by atoms with Crippen LogP contribution in [0.1, 0.15) is 18.4 Å². The maximum absolute atomic E-state index is 5.76. The van der Waals surface area contributed by atoms with Crippen LogP contribution in [0, 0.1) is 6.92 Å².